The summed E-state index contributed by atoms with van der Waals surface area (Å²) in [6.07, 6.45) is 3.28. The first-order valence-electron chi connectivity index (χ1n) is 8.42. The normalized spacial score (nSPS) is 21.6. The van der Waals surface area contributed by atoms with Crippen LogP contribution in [0.15, 0.2) is 23.1 Å². The van der Waals surface area contributed by atoms with Crippen LogP contribution in [0.1, 0.15) is 39.5 Å². The van der Waals surface area contributed by atoms with Gasteiger partial charge in [0.1, 0.15) is 15.9 Å². The molecule has 0 saturated carbocycles. The van der Waals surface area contributed by atoms with Gasteiger partial charge in [0, 0.05) is 25.0 Å². The summed E-state index contributed by atoms with van der Waals surface area (Å²) in [7, 11) is -3.73. The molecule has 9 heteroatoms. The molecule has 1 fully saturated rings. The van der Waals surface area contributed by atoms with Crippen molar-refractivity contribution in [3.63, 3.8) is 0 Å². The zero-order valence-electron chi connectivity index (χ0n) is 14.3. The second-order valence-corrected chi connectivity index (χ2v) is 8.73. The summed E-state index contributed by atoms with van der Waals surface area (Å²) < 4.78 is 35.7. The smallest absolute Gasteiger partial charge is 0.242 e. The number of benzene rings is 1. The van der Waals surface area contributed by atoms with Crippen LogP contribution in [0.2, 0.25) is 0 Å². The Morgan fingerprint density at radius 2 is 2.00 bits per heavy atom. The van der Waals surface area contributed by atoms with E-state index < -0.39 is 10.0 Å². The van der Waals surface area contributed by atoms with Crippen molar-refractivity contribution >= 4 is 38.7 Å². The summed E-state index contributed by atoms with van der Waals surface area (Å²) in [6.45, 7) is 4.17. The molecule has 0 spiro atoms. The third kappa shape index (κ3) is 3.83. The van der Waals surface area contributed by atoms with E-state index in [1.165, 1.54) is 6.07 Å². The zero-order chi connectivity index (χ0) is 18.0. The average molecular weight is 383 g/mol. The number of carbonyl (C=O) groups is 1. The number of carbonyl (C=O) groups excluding carboxylic acids is 1. The Balaban J connectivity index is 1.65. The van der Waals surface area contributed by atoms with Crippen LogP contribution in [0.25, 0.3) is 11.0 Å². The third-order valence-electron chi connectivity index (χ3n) is 4.65. The van der Waals surface area contributed by atoms with Crippen molar-refractivity contribution < 1.29 is 13.2 Å². The highest BCUT2D eigenvalue weighted by Crippen LogP contribution is 2.23. The Hall–Kier alpha value is -1.58. The van der Waals surface area contributed by atoms with Crippen LogP contribution in [0.4, 0.5) is 0 Å². The summed E-state index contributed by atoms with van der Waals surface area (Å²) in [5.41, 5.74) is 0.921. The maximum atomic E-state index is 12.5. The summed E-state index contributed by atoms with van der Waals surface area (Å²) >= 11 is 0.978. The minimum absolute atomic E-state index is 0.00377. The number of piperidine rings is 1. The monoisotopic (exact) mass is 382 g/mol. The highest BCUT2D eigenvalue weighted by atomic mass is 32.2. The Kier molecular flexibility index (Phi) is 5.35. The Morgan fingerprint density at radius 3 is 2.72 bits per heavy atom. The minimum Gasteiger partial charge on any atom is -0.337 e. The lowest BCUT2D eigenvalue weighted by molar-refractivity contribution is -0.137. The van der Waals surface area contributed by atoms with Gasteiger partial charge in [-0.15, -0.1) is 0 Å². The summed E-state index contributed by atoms with van der Waals surface area (Å²) in [6, 6.07) is 5.29. The molecule has 1 N–H and O–H groups in total. The molecule has 2 heterocycles. The highest BCUT2D eigenvalue weighted by molar-refractivity contribution is 7.89. The van der Waals surface area contributed by atoms with Crippen molar-refractivity contribution in [3.05, 3.63) is 18.2 Å². The fourth-order valence-corrected chi connectivity index (χ4v) is 5.21. The summed E-state index contributed by atoms with van der Waals surface area (Å²) in [4.78, 5) is 14.5. The number of aromatic nitrogens is 2. The van der Waals surface area contributed by atoms with Crippen LogP contribution in [0.3, 0.4) is 0 Å². The van der Waals surface area contributed by atoms with Gasteiger partial charge >= 0.3 is 0 Å². The van der Waals surface area contributed by atoms with Crippen LogP contribution in [0, 0.1) is 0 Å². The largest absolute Gasteiger partial charge is 0.337 e. The van der Waals surface area contributed by atoms with Gasteiger partial charge in [-0.2, -0.15) is 8.75 Å². The van der Waals surface area contributed by atoms with Crippen LogP contribution in [-0.4, -0.2) is 46.6 Å². The van der Waals surface area contributed by atoms with Crippen molar-refractivity contribution in [2.45, 2.75) is 56.5 Å². The second kappa shape index (κ2) is 7.35. The molecule has 0 bridgehead atoms. The van der Waals surface area contributed by atoms with Gasteiger partial charge in [0.15, 0.2) is 0 Å². The van der Waals surface area contributed by atoms with E-state index in [1.54, 1.807) is 12.1 Å². The number of nitrogens with zero attached hydrogens (tertiary/aromatic N) is 3. The maximum absolute atomic E-state index is 12.5. The molecule has 1 aromatic heterocycles. The van der Waals surface area contributed by atoms with E-state index >= 15 is 0 Å². The fourth-order valence-electron chi connectivity index (χ4n) is 3.41. The quantitative estimate of drug-likeness (QED) is 0.855. The first-order chi connectivity index (χ1) is 11.9. The van der Waals surface area contributed by atoms with Crippen LogP contribution in [-0.2, 0) is 14.8 Å². The van der Waals surface area contributed by atoms with E-state index in [0.717, 1.165) is 31.0 Å². The van der Waals surface area contributed by atoms with Crippen molar-refractivity contribution in [1.29, 1.82) is 0 Å². The number of amides is 1. The standard InChI is InChI=1S/C16H22N4O3S2/c1-11-5-3-6-12(2)20(11)15(21)9-10-17-25(22,23)14-8-4-7-13-16(14)19-24-18-13/h4,7-8,11-12,17H,3,5-6,9-10H2,1-2H3. The molecule has 1 saturated heterocycles. The van der Waals surface area contributed by atoms with Crippen molar-refractivity contribution in [2.75, 3.05) is 6.54 Å². The van der Waals surface area contributed by atoms with Crippen molar-refractivity contribution in [2.24, 2.45) is 0 Å². The number of fused-ring (bicyclic) bond motifs is 1. The number of hydrogen-bond acceptors (Lipinski definition) is 6. The SMILES string of the molecule is CC1CCCC(C)N1C(=O)CCNS(=O)(=O)c1cccc2nsnc12. The molecule has 1 aliphatic heterocycles. The first kappa shape index (κ1) is 18.2. The number of sulfonamides is 1. The van der Waals surface area contributed by atoms with Gasteiger partial charge in [-0.3, -0.25) is 4.79 Å². The van der Waals surface area contributed by atoms with Gasteiger partial charge in [0.05, 0.1) is 11.7 Å². The van der Waals surface area contributed by atoms with E-state index in [1.807, 2.05) is 18.7 Å². The molecule has 136 valence electrons. The van der Waals surface area contributed by atoms with Gasteiger partial charge < -0.3 is 4.90 Å². The second-order valence-electron chi connectivity index (χ2n) is 6.47. The summed E-state index contributed by atoms with van der Waals surface area (Å²) in [5, 5.41) is 0. The molecule has 2 aromatic rings. The molecule has 7 nitrogen and oxygen atoms in total. The number of nitrogens with one attached hydrogen (secondary N) is 1. The zero-order valence-corrected chi connectivity index (χ0v) is 15.9. The average Bonchev–Trinajstić information content (AvgIpc) is 3.02. The van der Waals surface area contributed by atoms with Crippen LogP contribution in [0.5, 0.6) is 0 Å². The maximum Gasteiger partial charge on any atom is 0.242 e. The summed E-state index contributed by atoms with van der Waals surface area (Å²) in [5.74, 6) is -0.00377. The molecule has 0 aliphatic carbocycles. The predicted molar refractivity (Wildman–Crippen MR) is 96.8 cm³/mol. The van der Waals surface area contributed by atoms with Gasteiger partial charge in [-0.25, -0.2) is 13.1 Å². The molecule has 3 rings (SSSR count). The van der Waals surface area contributed by atoms with E-state index in [-0.39, 0.29) is 35.9 Å². The number of likely N-dealkylation sites (tertiary alicyclic amines) is 1. The van der Waals surface area contributed by atoms with Gasteiger partial charge in [0.25, 0.3) is 0 Å². The Bertz CT molecular complexity index is 855. The lowest BCUT2D eigenvalue weighted by atomic mass is 9.97. The van der Waals surface area contributed by atoms with Gasteiger partial charge in [-0.1, -0.05) is 6.07 Å². The molecule has 2 unspecified atom stereocenters. The molecular formula is C16H22N4O3S2. The van der Waals surface area contributed by atoms with Crippen molar-refractivity contribution in [1.82, 2.24) is 18.4 Å². The molecule has 25 heavy (non-hydrogen) atoms. The van der Waals surface area contributed by atoms with Gasteiger partial charge in [-0.05, 0) is 45.2 Å². The molecule has 1 amide bonds. The molecule has 1 aliphatic rings. The first-order valence-corrected chi connectivity index (χ1v) is 10.6. The number of rotatable bonds is 5. The topological polar surface area (TPSA) is 92.3 Å². The molecule has 1 aromatic carbocycles. The lowest BCUT2D eigenvalue weighted by Gasteiger charge is -2.39. The highest BCUT2D eigenvalue weighted by Gasteiger charge is 2.29. The predicted octanol–water partition coefficient (Wildman–Crippen LogP) is 2.15. The van der Waals surface area contributed by atoms with Crippen LogP contribution >= 0.6 is 11.7 Å². The molecular weight excluding hydrogens is 360 g/mol. The molecule has 2 atom stereocenters. The third-order valence-corrected chi connectivity index (χ3v) is 6.69. The van der Waals surface area contributed by atoms with Gasteiger partial charge in [0.2, 0.25) is 15.9 Å². The fraction of sp³-hybridized carbons (Fsp3) is 0.562. The van der Waals surface area contributed by atoms with E-state index in [4.69, 9.17) is 0 Å². The van der Waals surface area contributed by atoms with E-state index in [0.29, 0.717) is 11.0 Å². The van der Waals surface area contributed by atoms with E-state index in [2.05, 4.69) is 13.5 Å². The number of hydrogen-bond donors (Lipinski definition) is 1. The molecule has 0 radical (unpaired) electrons. The Labute approximate surface area is 151 Å². The minimum atomic E-state index is -3.73. The Morgan fingerprint density at radius 1 is 1.28 bits per heavy atom. The van der Waals surface area contributed by atoms with E-state index in [9.17, 15) is 13.2 Å². The van der Waals surface area contributed by atoms with Crippen LogP contribution < -0.4 is 4.72 Å². The lowest BCUT2D eigenvalue weighted by Crippen LogP contribution is -2.48. The van der Waals surface area contributed by atoms with Crippen molar-refractivity contribution in [3.8, 4) is 0 Å².